The molecule has 0 bridgehead atoms. The summed E-state index contributed by atoms with van der Waals surface area (Å²) in [5, 5.41) is 3.39. The van der Waals surface area contributed by atoms with Crippen LogP contribution >= 0.6 is 15.9 Å². The summed E-state index contributed by atoms with van der Waals surface area (Å²) in [4.78, 5) is 0. The van der Waals surface area contributed by atoms with Gasteiger partial charge in [0.2, 0.25) is 0 Å². The number of hydrogen-bond donors (Lipinski definition) is 1. The molecule has 1 aliphatic heterocycles. The molecule has 0 amide bonds. The van der Waals surface area contributed by atoms with E-state index in [2.05, 4.69) is 27.3 Å². The Morgan fingerprint density at radius 3 is 2.90 bits per heavy atom. The van der Waals surface area contributed by atoms with Crippen LogP contribution in [0, 0.1) is 12.7 Å². The van der Waals surface area contributed by atoms with Crippen LogP contribution in [0.1, 0.15) is 23.6 Å². The predicted octanol–water partition coefficient (Wildman–Crippen LogP) is 4.83. The average molecular weight is 336 g/mol. The maximum Gasteiger partial charge on any atom is 0.128 e. The second-order valence-electron chi connectivity index (χ2n) is 4.98. The van der Waals surface area contributed by atoms with Crippen molar-refractivity contribution in [3.63, 3.8) is 0 Å². The smallest absolute Gasteiger partial charge is 0.128 e. The molecule has 3 rings (SSSR count). The number of halogens is 2. The largest absolute Gasteiger partial charge is 0.493 e. The van der Waals surface area contributed by atoms with Gasteiger partial charge >= 0.3 is 0 Å². The molecular formula is C16H15BrFNO. The molecule has 2 aromatic rings. The van der Waals surface area contributed by atoms with Crippen molar-refractivity contribution in [2.24, 2.45) is 0 Å². The Balaban J connectivity index is 1.89. The molecule has 104 valence electrons. The first-order valence-corrected chi connectivity index (χ1v) is 7.38. The number of fused-ring (bicyclic) bond motifs is 1. The van der Waals surface area contributed by atoms with Gasteiger partial charge in [-0.15, -0.1) is 0 Å². The lowest BCUT2D eigenvalue weighted by molar-refractivity contribution is 0.274. The molecule has 20 heavy (non-hydrogen) atoms. The van der Waals surface area contributed by atoms with Crippen LogP contribution < -0.4 is 10.1 Å². The summed E-state index contributed by atoms with van der Waals surface area (Å²) in [5.41, 5.74) is 2.56. The second-order valence-corrected chi connectivity index (χ2v) is 5.90. The molecule has 1 unspecified atom stereocenters. The third kappa shape index (κ3) is 2.66. The van der Waals surface area contributed by atoms with Crippen LogP contribution in [0.4, 0.5) is 10.1 Å². The van der Waals surface area contributed by atoms with E-state index < -0.39 is 0 Å². The summed E-state index contributed by atoms with van der Waals surface area (Å²) in [7, 11) is 0. The zero-order valence-corrected chi connectivity index (χ0v) is 12.7. The Hall–Kier alpha value is -1.55. The van der Waals surface area contributed by atoms with Gasteiger partial charge in [-0.1, -0.05) is 22.0 Å². The molecule has 0 saturated carbocycles. The monoisotopic (exact) mass is 335 g/mol. The average Bonchev–Trinajstić information content (AvgIpc) is 2.44. The quantitative estimate of drug-likeness (QED) is 0.848. The molecule has 1 atom stereocenters. The highest BCUT2D eigenvalue weighted by Gasteiger charge is 2.21. The number of rotatable bonds is 2. The highest BCUT2D eigenvalue weighted by molar-refractivity contribution is 9.10. The van der Waals surface area contributed by atoms with Gasteiger partial charge in [-0.05, 0) is 42.8 Å². The molecule has 1 N–H and O–H groups in total. The summed E-state index contributed by atoms with van der Waals surface area (Å²) in [6.45, 7) is 2.43. The number of hydrogen-bond acceptors (Lipinski definition) is 2. The van der Waals surface area contributed by atoms with Crippen molar-refractivity contribution in [3.05, 3.63) is 57.8 Å². The number of aryl methyl sites for hydroxylation is 1. The Labute approximate surface area is 126 Å². The van der Waals surface area contributed by atoms with Crippen molar-refractivity contribution < 1.29 is 9.13 Å². The van der Waals surface area contributed by atoms with Gasteiger partial charge in [-0.2, -0.15) is 0 Å². The normalized spacial score (nSPS) is 17.2. The van der Waals surface area contributed by atoms with Crippen molar-refractivity contribution in [3.8, 4) is 5.75 Å². The van der Waals surface area contributed by atoms with Gasteiger partial charge in [0.1, 0.15) is 11.6 Å². The van der Waals surface area contributed by atoms with E-state index in [-0.39, 0.29) is 11.9 Å². The zero-order chi connectivity index (χ0) is 14.1. The van der Waals surface area contributed by atoms with E-state index >= 15 is 0 Å². The molecule has 0 fully saturated rings. The SMILES string of the molecule is Cc1ccc(NC2CCOc3ccc(Br)cc32)cc1F. The van der Waals surface area contributed by atoms with E-state index in [4.69, 9.17) is 4.74 Å². The zero-order valence-electron chi connectivity index (χ0n) is 11.1. The van der Waals surface area contributed by atoms with Crippen molar-refractivity contribution in [1.29, 1.82) is 0 Å². The molecule has 0 aromatic heterocycles. The summed E-state index contributed by atoms with van der Waals surface area (Å²) in [6.07, 6.45) is 0.860. The van der Waals surface area contributed by atoms with Gasteiger partial charge in [0.05, 0.1) is 12.6 Å². The first-order valence-electron chi connectivity index (χ1n) is 6.58. The Kier molecular flexibility index (Phi) is 3.66. The van der Waals surface area contributed by atoms with Crippen molar-refractivity contribution in [1.82, 2.24) is 0 Å². The number of ether oxygens (including phenoxy) is 1. The van der Waals surface area contributed by atoms with Crippen LogP contribution in [0.25, 0.3) is 0 Å². The molecule has 0 saturated heterocycles. The lowest BCUT2D eigenvalue weighted by atomic mass is 10.00. The van der Waals surface area contributed by atoms with Gasteiger partial charge < -0.3 is 10.1 Å². The number of benzene rings is 2. The topological polar surface area (TPSA) is 21.3 Å². The van der Waals surface area contributed by atoms with E-state index in [9.17, 15) is 4.39 Å². The standard InChI is InChI=1S/C16H15BrFNO/c1-10-2-4-12(9-14(10)18)19-15-6-7-20-16-5-3-11(17)8-13(15)16/h2-5,8-9,15,19H,6-7H2,1H3. The molecule has 0 spiro atoms. The molecule has 4 heteroatoms. The number of nitrogens with one attached hydrogen (secondary N) is 1. The summed E-state index contributed by atoms with van der Waals surface area (Å²) in [5.74, 6) is 0.709. The minimum absolute atomic E-state index is 0.137. The molecule has 1 aliphatic rings. The summed E-state index contributed by atoms with van der Waals surface area (Å²) >= 11 is 3.48. The molecule has 0 radical (unpaired) electrons. The van der Waals surface area contributed by atoms with Crippen molar-refractivity contribution >= 4 is 21.6 Å². The van der Waals surface area contributed by atoms with E-state index in [0.717, 1.165) is 27.9 Å². The molecule has 2 nitrogen and oxygen atoms in total. The fraction of sp³-hybridized carbons (Fsp3) is 0.250. The van der Waals surface area contributed by atoms with Crippen LogP contribution in [-0.2, 0) is 0 Å². The van der Waals surface area contributed by atoms with Crippen molar-refractivity contribution in [2.45, 2.75) is 19.4 Å². The third-order valence-electron chi connectivity index (χ3n) is 3.52. The fourth-order valence-corrected chi connectivity index (χ4v) is 2.78. The lowest BCUT2D eigenvalue weighted by Crippen LogP contribution is -2.20. The molecule has 0 aliphatic carbocycles. The van der Waals surface area contributed by atoms with Crippen molar-refractivity contribution in [2.75, 3.05) is 11.9 Å². The first-order chi connectivity index (χ1) is 9.63. The Morgan fingerprint density at radius 2 is 2.10 bits per heavy atom. The summed E-state index contributed by atoms with van der Waals surface area (Å²) < 4.78 is 20.3. The van der Waals surface area contributed by atoms with E-state index in [1.165, 1.54) is 0 Å². The van der Waals surface area contributed by atoms with Gasteiger partial charge in [0, 0.05) is 22.1 Å². The molecule has 1 heterocycles. The summed E-state index contributed by atoms with van der Waals surface area (Å²) in [6, 6.07) is 11.4. The second kappa shape index (κ2) is 5.44. The predicted molar refractivity (Wildman–Crippen MR) is 81.8 cm³/mol. The van der Waals surface area contributed by atoms with Crippen LogP contribution in [0.5, 0.6) is 5.75 Å². The Morgan fingerprint density at radius 1 is 1.25 bits per heavy atom. The molecule has 2 aromatic carbocycles. The minimum atomic E-state index is -0.184. The number of anilines is 1. The van der Waals surface area contributed by atoms with E-state index in [1.807, 2.05) is 18.2 Å². The van der Waals surface area contributed by atoms with Crippen LogP contribution in [0.2, 0.25) is 0 Å². The Bertz CT molecular complexity index is 644. The van der Waals surface area contributed by atoms with Gasteiger partial charge in [-0.3, -0.25) is 0 Å². The minimum Gasteiger partial charge on any atom is -0.493 e. The first kappa shape index (κ1) is 13.4. The van der Waals surface area contributed by atoms with Gasteiger partial charge in [-0.25, -0.2) is 4.39 Å². The van der Waals surface area contributed by atoms with Gasteiger partial charge in [0.25, 0.3) is 0 Å². The maximum atomic E-state index is 13.6. The molecular weight excluding hydrogens is 321 g/mol. The van der Waals surface area contributed by atoms with Crippen LogP contribution in [-0.4, -0.2) is 6.61 Å². The third-order valence-corrected chi connectivity index (χ3v) is 4.02. The highest BCUT2D eigenvalue weighted by Crippen LogP contribution is 2.36. The maximum absolute atomic E-state index is 13.6. The lowest BCUT2D eigenvalue weighted by Gasteiger charge is -2.27. The fourth-order valence-electron chi connectivity index (χ4n) is 2.40. The van der Waals surface area contributed by atoms with Gasteiger partial charge in [0.15, 0.2) is 0 Å². The van der Waals surface area contributed by atoms with Crippen LogP contribution in [0.3, 0.4) is 0 Å². The highest BCUT2D eigenvalue weighted by atomic mass is 79.9. The van der Waals surface area contributed by atoms with E-state index in [1.54, 1.807) is 19.1 Å². The van der Waals surface area contributed by atoms with E-state index in [0.29, 0.717) is 12.2 Å². The van der Waals surface area contributed by atoms with Crippen LogP contribution in [0.15, 0.2) is 40.9 Å².